The molecule has 3 heterocycles. The number of hydrogen-bond donors (Lipinski definition) is 3. The van der Waals surface area contributed by atoms with Crippen LogP contribution in [0.25, 0.3) is 16.8 Å². The van der Waals surface area contributed by atoms with Gasteiger partial charge in [-0.2, -0.15) is 0 Å². The molecule has 0 aromatic carbocycles. The molecule has 0 bridgehead atoms. The zero-order valence-corrected chi connectivity index (χ0v) is 20.1. The summed E-state index contributed by atoms with van der Waals surface area (Å²) in [4.78, 5) is 13.4. The smallest absolute Gasteiger partial charge is 0.130 e. The normalized spacial score (nSPS) is 13.4. The molecule has 0 atom stereocenters. The van der Waals surface area contributed by atoms with Crippen LogP contribution in [-0.4, -0.2) is 21.5 Å². The molecule has 6 heteroatoms. The lowest BCUT2D eigenvalue weighted by Gasteiger charge is -2.15. The maximum absolute atomic E-state index is 4.59. The van der Waals surface area contributed by atoms with E-state index in [1.165, 1.54) is 31.4 Å². The fourth-order valence-corrected chi connectivity index (χ4v) is 3.87. The van der Waals surface area contributed by atoms with E-state index in [4.69, 9.17) is 0 Å². The summed E-state index contributed by atoms with van der Waals surface area (Å²) in [7, 11) is 0. The van der Waals surface area contributed by atoms with Crippen molar-refractivity contribution in [3.63, 3.8) is 0 Å². The quantitative estimate of drug-likeness (QED) is 0.257. The minimum absolute atomic E-state index is 0.640. The third-order valence-electron chi connectivity index (χ3n) is 5.98. The van der Waals surface area contributed by atoms with Gasteiger partial charge in [0.15, 0.2) is 0 Å². The summed E-state index contributed by atoms with van der Waals surface area (Å²) in [6.07, 6.45) is 15.6. The zero-order valence-electron chi connectivity index (χ0n) is 20.1. The van der Waals surface area contributed by atoms with Gasteiger partial charge in [-0.25, -0.2) is 9.97 Å². The first-order chi connectivity index (χ1) is 16.7. The van der Waals surface area contributed by atoms with E-state index in [0.29, 0.717) is 5.92 Å². The first kappa shape index (κ1) is 23.5. The number of pyridine rings is 3. The molecule has 1 aliphatic carbocycles. The van der Waals surface area contributed by atoms with Crippen molar-refractivity contribution in [1.82, 2.24) is 15.0 Å². The number of nitrogens with zero attached hydrogens (tertiary/aromatic N) is 3. The van der Waals surface area contributed by atoms with Crippen LogP contribution >= 0.6 is 0 Å². The summed E-state index contributed by atoms with van der Waals surface area (Å²) in [6, 6.07) is 10.1. The third kappa shape index (κ3) is 6.22. The van der Waals surface area contributed by atoms with Crippen LogP contribution in [0.4, 0.5) is 17.3 Å². The van der Waals surface area contributed by atoms with Gasteiger partial charge in [0, 0.05) is 53.2 Å². The molecule has 1 saturated carbocycles. The minimum Gasteiger partial charge on any atom is -0.370 e. The van der Waals surface area contributed by atoms with Crippen molar-refractivity contribution in [2.45, 2.75) is 46.0 Å². The molecule has 0 spiro atoms. The van der Waals surface area contributed by atoms with Crippen molar-refractivity contribution in [1.29, 1.82) is 0 Å². The Morgan fingerprint density at radius 2 is 1.91 bits per heavy atom. The first-order valence-corrected chi connectivity index (χ1v) is 12.2. The number of unbranched alkanes of at least 4 members (excludes halogenated alkanes) is 2. The number of nitrogens with one attached hydrogen (secondary N) is 3. The van der Waals surface area contributed by atoms with Crippen molar-refractivity contribution in [2.75, 3.05) is 22.5 Å². The van der Waals surface area contributed by atoms with Gasteiger partial charge in [0.25, 0.3) is 0 Å². The lowest BCUT2D eigenvalue weighted by molar-refractivity contribution is 0.742. The number of rotatable bonds is 12. The van der Waals surface area contributed by atoms with Crippen molar-refractivity contribution >= 4 is 23.0 Å². The molecule has 34 heavy (non-hydrogen) atoms. The van der Waals surface area contributed by atoms with Gasteiger partial charge in [-0.3, -0.25) is 4.98 Å². The molecule has 0 radical (unpaired) electrons. The van der Waals surface area contributed by atoms with E-state index in [1.54, 1.807) is 6.20 Å². The number of anilines is 3. The maximum atomic E-state index is 4.59. The summed E-state index contributed by atoms with van der Waals surface area (Å²) >= 11 is 0. The highest BCUT2D eigenvalue weighted by atomic mass is 15.0. The maximum Gasteiger partial charge on any atom is 0.130 e. The van der Waals surface area contributed by atoms with E-state index in [2.05, 4.69) is 63.5 Å². The molecule has 0 amide bonds. The average Bonchev–Trinajstić information content (AvgIpc) is 3.72. The molecule has 0 saturated heterocycles. The fourth-order valence-electron chi connectivity index (χ4n) is 3.87. The Bertz CT molecular complexity index is 1130. The number of aromatic nitrogens is 3. The van der Waals surface area contributed by atoms with E-state index >= 15 is 0 Å². The topological polar surface area (TPSA) is 74.8 Å². The fraction of sp³-hybridized carbons (Fsp3) is 0.321. The van der Waals surface area contributed by atoms with Crippen molar-refractivity contribution in [2.24, 2.45) is 5.92 Å². The molecule has 3 aromatic rings. The predicted octanol–water partition coefficient (Wildman–Crippen LogP) is 6.95. The van der Waals surface area contributed by atoms with E-state index in [1.807, 2.05) is 42.9 Å². The van der Waals surface area contributed by atoms with Gasteiger partial charge in [-0.1, -0.05) is 32.4 Å². The van der Waals surface area contributed by atoms with E-state index in [-0.39, 0.29) is 0 Å². The largest absolute Gasteiger partial charge is 0.370 e. The molecular weight excluding hydrogens is 420 g/mol. The van der Waals surface area contributed by atoms with Crippen LogP contribution in [0.2, 0.25) is 0 Å². The van der Waals surface area contributed by atoms with Crippen molar-refractivity contribution < 1.29 is 0 Å². The predicted molar refractivity (Wildman–Crippen MR) is 142 cm³/mol. The minimum atomic E-state index is 0.640. The zero-order chi connectivity index (χ0) is 23.8. The Kier molecular flexibility index (Phi) is 7.91. The molecule has 1 aliphatic rings. The second-order valence-corrected chi connectivity index (χ2v) is 8.66. The van der Waals surface area contributed by atoms with Crippen LogP contribution in [0.3, 0.4) is 0 Å². The Morgan fingerprint density at radius 1 is 1.03 bits per heavy atom. The summed E-state index contributed by atoms with van der Waals surface area (Å²) in [5, 5.41) is 10.3. The monoisotopic (exact) mass is 454 g/mol. The van der Waals surface area contributed by atoms with Crippen molar-refractivity contribution in [3.05, 3.63) is 79.0 Å². The Balaban J connectivity index is 1.45. The third-order valence-corrected chi connectivity index (χ3v) is 5.98. The van der Waals surface area contributed by atoms with Crippen LogP contribution in [0.1, 0.15) is 51.5 Å². The van der Waals surface area contributed by atoms with Crippen molar-refractivity contribution in [3.8, 4) is 11.1 Å². The highest BCUT2D eigenvalue weighted by Gasteiger charge is 2.25. The van der Waals surface area contributed by atoms with E-state index in [9.17, 15) is 0 Å². The lowest BCUT2D eigenvalue weighted by atomic mass is 10.1. The van der Waals surface area contributed by atoms with Crippen LogP contribution in [0.15, 0.2) is 73.5 Å². The molecule has 176 valence electrons. The van der Waals surface area contributed by atoms with Gasteiger partial charge in [-0.05, 0) is 62.4 Å². The van der Waals surface area contributed by atoms with Crippen LogP contribution < -0.4 is 16.0 Å². The molecule has 3 aromatic heterocycles. The molecule has 0 unspecified atom stereocenters. The lowest BCUT2D eigenvalue weighted by Crippen LogP contribution is -2.05. The standard InChI is InChI=1S/C28H34N6/c1-4-6-7-14-30-27-11-10-23(18-32-27)24-13-15-29-19-26(24)33-20(3)22-12-16-31-28(17-22)34-25(5-2)21-8-9-21/h5,10-13,15-19,21,33H,3-4,6-9,14H2,1-2H3,(H,30,32)(H,31,34)/b25-5-. The van der Waals surface area contributed by atoms with Gasteiger partial charge in [0.05, 0.1) is 11.9 Å². The summed E-state index contributed by atoms with van der Waals surface area (Å²) in [5.74, 6) is 2.37. The molecular formula is C28H34N6. The number of allylic oxidation sites excluding steroid dienone is 2. The van der Waals surface area contributed by atoms with Crippen LogP contribution in [0, 0.1) is 5.92 Å². The van der Waals surface area contributed by atoms with Crippen LogP contribution in [-0.2, 0) is 0 Å². The SMILES string of the molecule is C=C(Nc1cnccc1-c1ccc(NCCCCC)nc1)c1ccnc(N/C(=C\C)C2CC2)c1. The van der Waals surface area contributed by atoms with Crippen LogP contribution in [0.5, 0.6) is 0 Å². The number of hydrogen-bond acceptors (Lipinski definition) is 6. The molecule has 4 rings (SSSR count). The van der Waals surface area contributed by atoms with Gasteiger partial charge in [-0.15, -0.1) is 0 Å². The van der Waals surface area contributed by atoms with Gasteiger partial charge < -0.3 is 16.0 Å². The second-order valence-electron chi connectivity index (χ2n) is 8.66. The highest BCUT2D eigenvalue weighted by molar-refractivity contribution is 5.85. The van der Waals surface area contributed by atoms with Gasteiger partial charge in [0.2, 0.25) is 0 Å². The Morgan fingerprint density at radius 3 is 2.65 bits per heavy atom. The average molecular weight is 455 g/mol. The summed E-state index contributed by atoms with van der Waals surface area (Å²) in [5.41, 5.74) is 5.94. The molecule has 3 N–H and O–H groups in total. The van der Waals surface area contributed by atoms with Gasteiger partial charge in [0.1, 0.15) is 11.6 Å². The van der Waals surface area contributed by atoms with Gasteiger partial charge >= 0.3 is 0 Å². The molecule has 6 nitrogen and oxygen atoms in total. The highest BCUT2D eigenvalue weighted by Crippen LogP contribution is 2.36. The van der Waals surface area contributed by atoms with E-state index < -0.39 is 0 Å². The molecule has 0 aliphatic heterocycles. The second kappa shape index (κ2) is 11.5. The summed E-state index contributed by atoms with van der Waals surface area (Å²) in [6.45, 7) is 9.49. The summed E-state index contributed by atoms with van der Waals surface area (Å²) < 4.78 is 0. The van der Waals surface area contributed by atoms with E-state index in [0.717, 1.165) is 52.7 Å². The molecule has 1 fully saturated rings. The Hall–Kier alpha value is -3.67. The Labute approximate surface area is 202 Å². The first-order valence-electron chi connectivity index (χ1n) is 12.2.